The van der Waals surface area contributed by atoms with Crippen LogP contribution in [0.2, 0.25) is 0 Å². The van der Waals surface area contributed by atoms with Crippen molar-refractivity contribution in [3.63, 3.8) is 0 Å². The molecule has 3 nitrogen and oxygen atoms in total. The highest BCUT2D eigenvalue weighted by molar-refractivity contribution is 6.03. The van der Waals surface area contributed by atoms with Gasteiger partial charge in [0.2, 0.25) is 5.91 Å². The first-order chi connectivity index (χ1) is 8.79. The van der Waals surface area contributed by atoms with E-state index in [4.69, 9.17) is 0 Å². The van der Waals surface area contributed by atoms with Crippen molar-refractivity contribution in [2.75, 3.05) is 18.4 Å². The fourth-order valence-corrected chi connectivity index (χ4v) is 3.20. The lowest BCUT2D eigenvalue weighted by molar-refractivity contribution is -0.118. The third-order valence-electron chi connectivity index (χ3n) is 4.25. The molecule has 2 heterocycles. The molecule has 1 amide bonds. The Bertz CT molecular complexity index is 464. The molecule has 1 aromatic carbocycles. The Morgan fingerprint density at radius 3 is 2.78 bits per heavy atom. The Labute approximate surface area is 108 Å². The Hall–Kier alpha value is -1.35. The molecule has 1 aromatic rings. The van der Waals surface area contributed by atoms with Gasteiger partial charge in [-0.1, -0.05) is 19.1 Å². The molecule has 18 heavy (non-hydrogen) atoms. The monoisotopic (exact) mass is 244 g/mol. The number of piperidine rings is 1. The normalized spacial score (nSPS) is 23.8. The summed E-state index contributed by atoms with van der Waals surface area (Å²) in [7, 11) is 0. The third kappa shape index (κ3) is 1.93. The molecule has 1 saturated heterocycles. The number of fused-ring (bicyclic) bond motifs is 1. The molecule has 1 atom stereocenters. The van der Waals surface area contributed by atoms with Crippen LogP contribution in [-0.2, 0) is 11.2 Å². The minimum Gasteiger partial charge on any atom is -0.325 e. The molecule has 1 fully saturated rings. The van der Waals surface area contributed by atoms with Gasteiger partial charge in [-0.05, 0) is 55.5 Å². The number of hydrogen-bond donors (Lipinski definition) is 2. The molecule has 0 bridgehead atoms. The Morgan fingerprint density at radius 1 is 1.28 bits per heavy atom. The van der Waals surface area contributed by atoms with Gasteiger partial charge < -0.3 is 10.6 Å². The molecule has 96 valence electrons. The molecule has 3 heteroatoms. The fraction of sp³-hybridized carbons (Fsp3) is 0.533. The van der Waals surface area contributed by atoms with Gasteiger partial charge in [-0.2, -0.15) is 0 Å². The SMILES string of the molecule is CCc1ccc2c(c1)C(C1CCNCC1)C(=O)N2. The second-order valence-corrected chi connectivity index (χ2v) is 5.33. The highest BCUT2D eigenvalue weighted by Gasteiger charge is 2.37. The van der Waals surface area contributed by atoms with Crippen molar-refractivity contribution in [1.29, 1.82) is 0 Å². The van der Waals surface area contributed by atoms with E-state index in [2.05, 4.69) is 35.8 Å². The van der Waals surface area contributed by atoms with Crippen LogP contribution < -0.4 is 10.6 Å². The molecule has 2 aliphatic heterocycles. The van der Waals surface area contributed by atoms with Crippen LogP contribution in [0, 0.1) is 5.92 Å². The van der Waals surface area contributed by atoms with Crippen molar-refractivity contribution in [3.05, 3.63) is 29.3 Å². The van der Waals surface area contributed by atoms with Crippen molar-refractivity contribution in [2.24, 2.45) is 5.92 Å². The number of rotatable bonds is 2. The maximum Gasteiger partial charge on any atom is 0.232 e. The molecule has 0 saturated carbocycles. The summed E-state index contributed by atoms with van der Waals surface area (Å²) in [6.45, 7) is 4.24. The maximum absolute atomic E-state index is 12.2. The summed E-state index contributed by atoms with van der Waals surface area (Å²) in [5.74, 6) is 0.776. The molecule has 2 N–H and O–H groups in total. The van der Waals surface area contributed by atoms with Crippen molar-refractivity contribution < 1.29 is 4.79 Å². The third-order valence-corrected chi connectivity index (χ3v) is 4.25. The van der Waals surface area contributed by atoms with E-state index in [1.54, 1.807) is 0 Å². The Balaban J connectivity index is 1.93. The van der Waals surface area contributed by atoms with Crippen LogP contribution in [0.4, 0.5) is 5.69 Å². The first-order valence-electron chi connectivity index (χ1n) is 6.94. The van der Waals surface area contributed by atoms with Gasteiger partial charge in [-0.25, -0.2) is 0 Å². The zero-order valence-electron chi connectivity index (χ0n) is 10.8. The lowest BCUT2D eigenvalue weighted by Crippen LogP contribution is -2.33. The molecule has 2 aliphatic rings. The summed E-state index contributed by atoms with van der Waals surface area (Å²) in [5.41, 5.74) is 3.58. The van der Waals surface area contributed by atoms with E-state index >= 15 is 0 Å². The molecule has 0 aromatic heterocycles. The van der Waals surface area contributed by atoms with E-state index in [0.29, 0.717) is 5.92 Å². The smallest absolute Gasteiger partial charge is 0.232 e. The lowest BCUT2D eigenvalue weighted by atomic mass is 9.81. The van der Waals surface area contributed by atoms with Gasteiger partial charge in [0.1, 0.15) is 0 Å². The number of carbonyl (C=O) groups excluding carboxylic acids is 1. The molecule has 3 rings (SSSR count). The van der Waals surface area contributed by atoms with Crippen LogP contribution in [0.3, 0.4) is 0 Å². The fourth-order valence-electron chi connectivity index (χ4n) is 3.20. The van der Waals surface area contributed by atoms with Crippen LogP contribution in [0.5, 0.6) is 0 Å². The van der Waals surface area contributed by atoms with E-state index in [-0.39, 0.29) is 11.8 Å². The minimum absolute atomic E-state index is 0.0774. The quantitative estimate of drug-likeness (QED) is 0.838. The second kappa shape index (κ2) is 4.73. The summed E-state index contributed by atoms with van der Waals surface area (Å²) in [4.78, 5) is 12.2. The number of nitrogens with one attached hydrogen (secondary N) is 2. The van der Waals surface area contributed by atoms with Gasteiger partial charge in [-0.15, -0.1) is 0 Å². The predicted octanol–water partition coefficient (Wildman–Crippen LogP) is 2.28. The second-order valence-electron chi connectivity index (χ2n) is 5.33. The van der Waals surface area contributed by atoms with Gasteiger partial charge in [0.25, 0.3) is 0 Å². The van der Waals surface area contributed by atoms with E-state index in [0.717, 1.165) is 38.0 Å². The number of anilines is 1. The largest absolute Gasteiger partial charge is 0.325 e. The van der Waals surface area contributed by atoms with Gasteiger partial charge in [-0.3, -0.25) is 4.79 Å². The summed E-state index contributed by atoms with van der Waals surface area (Å²) < 4.78 is 0. The first kappa shape index (κ1) is 11.7. The van der Waals surface area contributed by atoms with Gasteiger partial charge in [0.05, 0.1) is 5.92 Å². The average molecular weight is 244 g/mol. The summed E-state index contributed by atoms with van der Waals surface area (Å²) in [6.07, 6.45) is 3.24. The van der Waals surface area contributed by atoms with E-state index in [9.17, 15) is 4.79 Å². The van der Waals surface area contributed by atoms with Crippen LogP contribution >= 0.6 is 0 Å². The first-order valence-corrected chi connectivity index (χ1v) is 6.94. The highest BCUT2D eigenvalue weighted by atomic mass is 16.2. The minimum atomic E-state index is 0.0774. The van der Waals surface area contributed by atoms with Crippen LogP contribution in [0.1, 0.15) is 36.8 Å². The molecule has 1 unspecified atom stereocenters. The summed E-state index contributed by atoms with van der Waals surface area (Å²) in [5, 5.41) is 6.40. The average Bonchev–Trinajstić information content (AvgIpc) is 2.74. The zero-order chi connectivity index (χ0) is 12.5. The number of benzene rings is 1. The number of carbonyl (C=O) groups is 1. The number of hydrogen-bond acceptors (Lipinski definition) is 2. The van der Waals surface area contributed by atoms with Crippen molar-refractivity contribution in [3.8, 4) is 0 Å². The molecular weight excluding hydrogens is 224 g/mol. The van der Waals surface area contributed by atoms with Crippen LogP contribution in [0.15, 0.2) is 18.2 Å². The summed E-state index contributed by atoms with van der Waals surface area (Å²) >= 11 is 0. The standard InChI is InChI=1S/C15H20N2O/c1-2-10-3-4-13-12(9-10)14(15(18)17-13)11-5-7-16-8-6-11/h3-4,9,11,14,16H,2,5-8H2,1H3,(H,17,18). The molecule has 0 spiro atoms. The molecule has 0 aliphatic carbocycles. The van der Waals surface area contributed by atoms with Crippen LogP contribution in [0.25, 0.3) is 0 Å². The van der Waals surface area contributed by atoms with E-state index in [1.165, 1.54) is 11.1 Å². The topological polar surface area (TPSA) is 41.1 Å². The highest BCUT2D eigenvalue weighted by Crippen LogP contribution is 2.40. The van der Waals surface area contributed by atoms with E-state index in [1.807, 2.05) is 0 Å². The van der Waals surface area contributed by atoms with Gasteiger partial charge in [0.15, 0.2) is 0 Å². The van der Waals surface area contributed by atoms with E-state index < -0.39 is 0 Å². The van der Waals surface area contributed by atoms with Gasteiger partial charge in [0, 0.05) is 5.69 Å². The predicted molar refractivity (Wildman–Crippen MR) is 72.8 cm³/mol. The Kier molecular flexibility index (Phi) is 3.08. The molecule has 0 radical (unpaired) electrons. The van der Waals surface area contributed by atoms with Crippen molar-refractivity contribution in [2.45, 2.75) is 32.1 Å². The Morgan fingerprint density at radius 2 is 2.06 bits per heavy atom. The van der Waals surface area contributed by atoms with Crippen LogP contribution in [-0.4, -0.2) is 19.0 Å². The van der Waals surface area contributed by atoms with Crippen molar-refractivity contribution >= 4 is 11.6 Å². The number of aryl methyl sites for hydroxylation is 1. The zero-order valence-corrected chi connectivity index (χ0v) is 10.8. The lowest BCUT2D eigenvalue weighted by Gasteiger charge is -2.27. The molecular formula is C15H20N2O. The van der Waals surface area contributed by atoms with Crippen molar-refractivity contribution in [1.82, 2.24) is 5.32 Å². The maximum atomic E-state index is 12.2. The summed E-state index contributed by atoms with van der Waals surface area (Å²) in [6, 6.07) is 6.40. The number of amides is 1. The van der Waals surface area contributed by atoms with Gasteiger partial charge >= 0.3 is 0 Å².